The third kappa shape index (κ3) is 4.25. The average Bonchev–Trinajstić information content (AvgIpc) is 3.19. The first-order valence-electron chi connectivity index (χ1n) is 7.70. The van der Waals surface area contributed by atoms with Crippen LogP contribution in [0.3, 0.4) is 0 Å². The Morgan fingerprint density at radius 1 is 0.962 bits per heavy atom. The van der Waals surface area contributed by atoms with Gasteiger partial charge in [0.25, 0.3) is 5.91 Å². The van der Waals surface area contributed by atoms with Crippen molar-refractivity contribution in [2.24, 2.45) is 0 Å². The van der Waals surface area contributed by atoms with Crippen molar-refractivity contribution in [3.05, 3.63) is 88.3 Å². The van der Waals surface area contributed by atoms with Gasteiger partial charge in [-0.2, -0.15) is 0 Å². The van der Waals surface area contributed by atoms with Gasteiger partial charge in [0.15, 0.2) is 11.9 Å². The number of nitrogens with one attached hydrogen (secondary N) is 2. The maximum Gasteiger partial charge on any atom is 0.288 e. The number of ketones is 1. The number of hydrogen-bond donors (Lipinski definition) is 2. The molecule has 132 valence electrons. The summed E-state index contributed by atoms with van der Waals surface area (Å²) < 4.78 is 5.08. The molecule has 0 aliphatic heterocycles. The predicted molar refractivity (Wildman–Crippen MR) is 101 cm³/mol. The van der Waals surface area contributed by atoms with Crippen LogP contribution in [0.15, 0.2) is 71.3 Å². The molecule has 0 bridgehead atoms. The summed E-state index contributed by atoms with van der Waals surface area (Å²) >= 11 is 12.2. The van der Waals surface area contributed by atoms with E-state index in [1.165, 1.54) is 12.3 Å². The molecule has 2 N–H and O–H groups in total. The number of amides is 1. The van der Waals surface area contributed by atoms with E-state index in [4.69, 9.17) is 27.6 Å². The molecule has 2 aromatic carbocycles. The van der Waals surface area contributed by atoms with Crippen LogP contribution in [0.25, 0.3) is 0 Å². The molecule has 0 unspecified atom stereocenters. The van der Waals surface area contributed by atoms with Crippen molar-refractivity contribution < 1.29 is 14.0 Å². The lowest BCUT2D eigenvalue weighted by Crippen LogP contribution is -2.46. The first-order chi connectivity index (χ1) is 12.5. The van der Waals surface area contributed by atoms with Gasteiger partial charge in [-0.3, -0.25) is 9.59 Å². The highest BCUT2D eigenvalue weighted by Gasteiger charge is 2.24. The van der Waals surface area contributed by atoms with Gasteiger partial charge in [0.1, 0.15) is 0 Å². The molecule has 1 aromatic heterocycles. The third-order valence-electron chi connectivity index (χ3n) is 3.57. The first-order valence-corrected chi connectivity index (χ1v) is 8.45. The molecular weight excluding hydrogens is 375 g/mol. The molecule has 0 aliphatic rings. The van der Waals surface area contributed by atoms with Crippen LogP contribution < -0.4 is 10.6 Å². The Bertz CT molecular complexity index is 912. The number of carbonyl (C=O) groups is 2. The summed E-state index contributed by atoms with van der Waals surface area (Å²) in [7, 11) is 0. The minimum Gasteiger partial charge on any atom is -0.459 e. The zero-order valence-corrected chi connectivity index (χ0v) is 14.9. The summed E-state index contributed by atoms with van der Waals surface area (Å²) in [5.41, 5.74) is 0.857. The highest BCUT2D eigenvalue weighted by molar-refractivity contribution is 6.35. The summed E-state index contributed by atoms with van der Waals surface area (Å²) in [6, 6.07) is 16.5. The van der Waals surface area contributed by atoms with Gasteiger partial charge in [0.05, 0.1) is 17.0 Å². The second-order valence-electron chi connectivity index (χ2n) is 5.38. The number of halogens is 2. The van der Waals surface area contributed by atoms with E-state index in [9.17, 15) is 9.59 Å². The fourth-order valence-electron chi connectivity index (χ4n) is 2.31. The quantitative estimate of drug-likeness (QED) is 0.476. The predicted octanol–water partition coefficient (Wildman–Crippen LogP) is 4.64. The van der Waals surface area contributed by atoms with Gasteiger partial charge < -0.3 is 15.1 Å². The van der Waals surface area contributed by atoms with E-state index in [1.54, 1.807) is 54.6 Å². The minimum absolute atomic E-state index is 0.0925. The van der Waals surface area contributed by atoms with Gasteiger partial charge in [-0.15, -0.1) is 0 Å². The second-order valence-corrected chi connectivity index (χ2v) is 6.23. The van der Waals surface area contributed by atoms with Crippen molar-refractivity contribution in [3.8, 4) is 0 Å². The van der Waals surface area contributed by atoms with Crippen molar-refractivity contribution in [2.75, 3.05) is 5.32 Å². The molecule has 5 nitrogen and oxygen atoms in total. The van der Waals surface area contributed by atoms with E-state index in [2.05, 4.69) is 10.6 Å². The topological polar surface area (TPSA) is 71.3 Å². The second kappa shape index (κ2) is 8.08. The molecule has 26 heavy (non-hydrogen) atoms. The lowest BCUT2D eigenvalue weighted by Gasteiger charge is -2.20. The summed E-state index contributed by atoms with van der Waals surface area (Å²) in [5, 5.41) is 6.37. The van der Waals surface area contributed by atoms with Crippen LogP contribution in [0.1, 0.15) is 20.9 Å². The van der Waals surface area contributed by atoms with Gasteiger partial charge in [-0.1, -0.05) is 53.5 Å². The lowest BCUT2D eigenvalue weighted by atomic mass is 10.1. The number of Topliss-reactive ketones (excluding diaryl/α,β-unsaturated/α-hetero) is 1. The Morgan fingerprint density at radius 2 is 1.73 bits per heavy atom. The Balaban J connectivity index is 1.89. The van der Waals surface area contributed by atoms with Gasteiger partial charge in [-0.25, -0.2) is 0 Å². The van der Waals surface area contributed by atoms with Crippen LogP contribution in [0.2, 0.25) is 10.0 Å². The molecule has 1 amide bonds. The van der Waals surface area contributed by atoms with E-state index in [0.29, 0.717) is 21.3 Å². The lowest BCUT2D eigenvalue weighted by molar-refractivity contribution is 0.0853. The molecule has 0 saturated carbocycles. The Hall–Kier alpha value is -2.76. The van der Waals surface area contributed by atoms with Crippen molar-refractivity contribution in [1.29, 1.82) is 0 Å². The van der Waals surface area contributed by atoms with Crippen molar-refractivity contribution in [2.45, 2.75) is 6.17 Å². The Labute approximate surface area is 159 Å². The van der Waals surface area contributed by atoms with Crippen LogP contribution >= 0.6 is 23.2 Å². The third-order valence-corrected chi connectivity index (χ3v) is 4.13. The molecule has 0 fully saturated rings. The van der Waals surface area contributed by atoms with Gasteiger partial charge >= 0.3 is 0 Å². The maximum atomic E-state index is 12.9. The van der Waals surface area contributed by atoms with Gasteiger partial charge in [0, 0.05) is 10.6 Å². The monoisotopic (exact) mass is 388 g/mol. The number of anilines is 1. The smallest absolute Gasteiger partial charge is 0.288 e. The van der Waals surface area contributed by atoms with E-state index < -0.39 is 12.1 Å². The molecule has 1 heterocycles. The number of carbonyl (C=O) groups excluding carboxylic acids is 2. The van der Waals surface area contributed by atoms with Crippen molar-refractivity contribution in [1.82, 2.24) is 5.32 Å². The van der Waals surface area contributed by atoms with Crippen LogP contribution in [-0.4, -0.2) is 17.9 Å². The Morgan fingerprint density at radius 3 is 2.42 bits per heavy atom. The first kappa shape index (κ1) is 18.0. The van der Waals surface area contributed by atoms with Crippen LogP contribution in [0, 0.1) is 0 Å². The van der Waals surface area contributed by atoms with E-state index >= 15 is 0 Å². The molecular formula is C19H14Cl2N2O3. The van der Waals surface area contributed by atoms with Crippen LogP contribution in [0.4, 0.5) is 5.69 Å². The molecule has 0 spiro atoms. The largest absolute Gasteiger partial charge is 0.459 e. The molecule has 3 rings (SSSR count). The van der Waals surface area contributed by atoms with E-state index in [-0.39, 0.29) is 11.5 Å². The van der Waals surface area contributed by atoms with Gasteiger partial charge in [-0.05, 0) is 30.3 Å². The number of rotatable bonds is 6. The zero-order valence-electron chi connectivity index (χ0n) is 13.4. The standard InChI is InChI=1S/C19H14Cl2N2O3/c20-13-8-9-14(21)15(11-13)22-18(17(24)12-5-2-1-3-6-12)23-19(25)16-7-4-10-26-16/h1-11,18,22H,(H,23,25)/t18-/m0/s1. The Kier molecular flexibility index (Phi) is 5.61. The maximum absolute atomic E-state index is 12.9. The number of furan rings is 1. The SMILES string of the molecule is O=C(N[C@H](Nc1cc(Cl)ccc1Cl)C(=O)c1ccccc1)c1ccco1. The highest BCUT2D eigenvalue weighted by atomic mass is 35.5. The summed E-state index contributed by atoms with van der Waals surface area (Å²) in [4.78, 5) is 25.2. The van der Waals surface area contributed by atoms with E-state index in [0.717, 1.165) is 0 Å². The summed E-state index contributed by atoms with van der Waals surface area (Å²) in [5.74, 6) is -0.772. The molecule has 3 aromatic rings. The zero-order chi connectivity index (χ0) is 18.5. The molecule has 1 atom stereocenters. The average molecular weight is 389 g/mol. The van der Waals surface area contributed by atoms with E-state index in [1.807, 2.05) is 0 Å². The molecule has 0 saturated heterocycles. The summed E-state index contributed by atoms with van der Waals surface area (Å²) in [6.07, 6.45) is 0.315. The van der Waals surface area contributed by atoms with Crippen molar-refractivity contribution >= 4 is 40.6 Å². The normalized spacial score (nSPS) is 11.6. The molecule has 0 radical (unpaired) electrons. The minimum atomic E-state index is -1.06. The van der Waals surface area contributed by atoms with Crippen molar-refractivity contribution in [3.63, 3.8) is 0 Å². The number of hydrogen-bond acceptors (Lipinski definition) is 4. The van der Waals surface area contributed by atoms with Crippen LogP contribution in [0.5, 0.6) is 0 Å². The van der Waals surface area contributed by atoms with Crippen LogP contribution in [-0.2, 0) is 0 Å². The summed E-state index contributed by atoms with van der Waals surface area (Å²) in [6.45, 7) is 0. The fourth-order valence-corrected chi connectivity index (χ4v) is 2.65. The highest BCUT2D eigenvalue weighted by Crippen LogP contribution is 2.26. The number of benzene rings is 2. The fraction of sp³-hybridized carbons (Fsp3) is 0.0526. The molecule has 7 heteroatoms. The molecule has 0 aliphatic carbocycles. The van der Waals surface area contributed by atoms with Gasteiger partial charge in [0.2, 0.25) is 5.78 Å².